The summed E-state index contributed by atoms with van der Waals surface area (Å²) < 4.78 is 48.1. The average Bonchev–Trinajstić information content (AvgIpc) is 2.48. The molecule has 0 radical (unpaired) electrons. The van der Waals surface area contributed by atoms with Gasteiger partial charge in [0.15, 0.2) is 0 Å². The van der Waals surface area contributed by atoms with Gasteiger partial charge in [0.05, 0.1) is 52.6 Å². The number of nitrogens with zero attached hydrogens (tertiary/aromatic N) is 2. The molecule has 12 nitrogen and oxygen atoms in total. The van der Waals surface area contributed by atoms with Crippen LogP contribution in [0.15, 0.2) is 0 Å². The number of hydrogen-bond acceptors (Lipinski definition) is 6. The third-order valence-electron chi connectivity index (χ3n) is 2.75. The van der Waals surface area contributed by atoms with E-state index in [0.29, 0.717) is 11.9 Å². The van der Waals surface area contributed by atoms with Gasteiger partial charge in [-0.3, -0.25) is 40.5 Å². The zero-order valence-corrected chi connectivity index (χ0v) is 13.5. The Morgan fingerprint density at radius 2 is 0.957 bits per heavy atom. The van der Waals surface area contributed by atoms with Gasteiger partial charge in [0.2, 0.25) is 0 Å². The van der Waals surface area contributed by atoms with E-state index in [4.69, 9.17) is 49.9 Å². The van der Waals surface area contributed by atoms with Crippen molar-refractivity contribution >= 4 is 22.3 Å². The van der Waals surface area contributed by atoms with E-state index >= 15 is 0 Å². The molecule has 13 heteroatoms. The molecule has 0 aromatic rings. The molecule has 2 aliphatic rings. The highest BCUT2D eigenvalue weighted by atomic mass is 32.3. The fraction of sp³-hybridized carbons (Fsp3) is 0.800. The first-order valence-electron chi connectivity index (χ1n) is 6.69. The second kappa shape index (κ2) is 11.0. The monoisotopic (exact) mass is 356 g/mol. The van der Waals surface area contributed by atoms with Crippen LogP contribution in [0.25, 0.3) is 0 Å². The van der Waals surface area contributed by atoms with Gasteiger partial charge < -0.3 is 18.6 Å². The topological polar surface area (TPSA) is 209 Å². The highest BCUT2D eigenvalue weighted by Gasteiger charge is 2.09. The summed E-state index contributed by atoms with van der Waals surface area (Å²) >= 11 is 0. The van der Waals surface area contributed by atoms with Gasteiger partial charge in [-0.2, -0.15) is 0 Å². The molecule has 0 bridgehead atoms. The normalized spacial score (nSPS) is 18.0. The Morgan fingerprint density at radius 3 is 1.09 bits per heavy atom. The van der Waals surface area contributed by atoms with Crippen LogP contribution in [0.3, 0.4) is 0 Å². The minimum absolute atomic E-state index is 0.401. The van der Waals surface area contributed by atoms with Crippen LogP contribution in [-0.2, 0) is 19.9 Å². The number of guanidine groups is 2. The Morgan fingerprint density at radius 1 is 0.739 bits per heavy atom. The molecule has 0 spiro atoms. The van der Waals surface area contributed by atoms with E-state index < -0.39 is 10.4 Å². The molecule has 23 heavy (non-hydrogen) atoms. The average molecular weight is 356 g/mol. The highest BCUT2D eigenvalue weighted by molar-refractivity contribution is 7.79. The minimum Gasteiger partial charge on any atom is -0.759 e. The maximum absolute atomic E-state index is 8.52. The first-order chi connectivity index (χ1) is 10.6. The van der Waals surface area contributed by atoms with Gasteiger partial charge in [-0.1, -0.05) is 0 Å². The van der Waals surface area contributed by atoms with Crippen LogP contribution in [0.1, 0.15) is 0 Å². The lowest BCUT2D eigenvalue weighted by molar-refractivity contribution is -0.551. The van der Waals surface area contributed by atoms with Gasteiger partial charge in [0.25, 0.3) is 0 Å². The Labute approximate surface area is 134 Å². The first-order valence-corrected chi connectivity index (χ1v) is 8.02. The molecule has 2 heterocycles. The van der Waals surface area contributed by atoms with Crippen molar-refractivity contribution in [1.82, 2.24) is 0 Å². The largest absolute Gasteiger partial charge is 0.759 e. The summed E-state index contributed by atoms with van der Waals surface area (Å²) in [5, 5.41) is 0. The summed E-state index contributed by atoms with van der Waals surface area (Å²) in [5.74, 6) is 0.802. The summed E-state index contributed by atoms with van der Waals surface area (Å²) in [7, 11) is -5.17. The van der Waals surface area contributed by atoms with Crippen molar-refractivity contribution in [3.8, 4) is 0 Å². The molecule has 0 aromatic heterocycles. The van der Waals surface area contributed by atoms with Gasteiger partial charge in [-0.25, -0.2) is 0 Å². The summed E-state index contributed by atoms with van der Waals surface area (Å²) in [6, 6.07) is 0. The van der Waals surface area contributed by atoms with Crippen molar-refractivity contribution in [2.24, 2.45) is 22.9 Å². The third-order valence-corrected chi connectivity index (χ3v) is 2.75. The molecular formula is C10H24N6O6S. The molecule has 0 atom stereocenters. The van der Waals surface area contributed by atoms with E-state index in [2.05, 4.69) is 0 Å². The van der Waals surface area contributed by atoms with Crippen molar-refractivity contribution in [3.63, 3.8) is 0 Å². The fourth-order valence-electron chi connectivity index (χ4n) is 1.64. The van der Waals surface area contributed by atoms with Crippen LogP contribution < -0.4 is 22.9 Å². The smallest absolute Gasteiger partial charge is 0.341 e. The van der Waals surface area contributed by atoms with Crippen LogP contribution in [0, 0.1) is 0 Å². The molecule has 0 amide bonds. The van der Waals surface area contributed by atoms with Crippen LogP contribution >= 0.6 is 0 Å². The van der Waals surface area contributed by atoms with Crippen molar-refractivity contribution in [3.05, 3.63) is 0 Å². The lowest BCUT2D eigenvalue weighted by atomic mass is 10.5. The van der Waals surface area contributed by atoms with Gasteiger partial charge in [-0.15, -0.1) is 0 Å². The summed E-state index contributed by atoms with van der Waals surface area (Å²) in [6.07, 6.45) is 0. The van der Waals surface area contributed by atoms with Crippen molar-refractivity contribution < 1.29 is 36.1 Å². The van der Waals surface area contributed by atoms with Gasteiger partial charge >= 0.3 is 11.9 Å². The van der Waals surface area contributed by atoms with E-state index in [0.717, 1.165) is 52.6 Å². The molecule has 0 aliphatic carbocycles. The molecule has 0 unspecified atom stereocenters. The van der Waals surface area contributed by atoms with Crippen LogP contribution in [0.5, 0.6) is 0 Å². The SMILES string of the molecule is NC(N)=[N+]1CCOCC1.NC(N)=[N+]1CCOCC1.O=S(=O)([O-])[O-]. The van der Waals surface area contributed by atoms with E-state index in [9.17, 15) is 0 Å². The molecule has 2 rings (SSSR count). The molecule has 2 saturated heterocycles. The molecule has 0 saturated carbocycles. The van der Waals surface area contributed by atoms with E-state index in [1.165, 1.54) is 0 Å². The van der Waals surface area contributed by atoms with Crippen molar-refractivity contribution in [1.29, 1.82) is 0 Å². The molecule has 2 fully saturated rings. The number of ether oxygens (including phenoxy) is 2. The fourth-order valence-corrected chi connectivity index (χ4v) is 1.64. The Balaban J connectivity index is 0.000000332. The maximum Gasteiger partial charge on any atom is 0.341 e. The maximum atomic E-state index is 8.52. The van der Waals surface area contributed by atoms with Crippen molar-refractivity contribution in [2.75, 3.05) is 52.6 Å². The lowest BCUT2D eigenvalue weighted by Crippen LogP contribution is -2.41. The summed E-state index contributed by atoms with van der Waals surface area (Å²) in [5.41, 5.74) is 21.3. The van der Waals surface area contributed by atoms with Crippen LogP contribution in [0.4, 0.5) is 0 Å². The Bertz CT molecular complexity index is 456. The standard InChI is InChI=1S/2C5H11N3O.H2O4S/c2*6-5(7)8-1-3-9-4-2-8;1-5(2,3)4/h2*1-4H2,(H3,6,7);(H2,1,2,3,4). The predicted molar refractivity (Wildman–Crippen MR) is 78.9 cm³/mol. The summed E-state index contributed by atoms with van der Waals surface area (Å²) in [6.45, 7) is 6.22. The van der Waals surface area contributed by atoms with Gasteiger partial charge in [0, 0.05) is 10.4 Å². The molecule has 136 valence electrons. The van der Waals surface area contributed by atoms with Gasteiger partial charge in [0.1, 0.15) is 0 Å². The zero-order valence-electron chi connectivity index (χ0n) is 12.7. The van der Waals surface area contributed by atoms with Crippen molar-refractivity contribution in [2.45, 2.75) is 0 Å². The third kappa shape index (κ3) is 13.7. The number of morpholine rings is 2. The first kappa shape index (κ1) is 21.3. The Kier molecular flexibility index (Phi) is 10.2. The number of hydrogen-bond donors (Lipinski definition) is 4. The number of rotatable bonds is 0. The minimum atomic E-state index is -5.17. The zero-order chi connectivity index (χ0) is 17.9. The lowest BCUT2D eigenvalue weighted by Gasteiger charge is -2.14. The molecular weight excluding hydrogens is 332 g/mol. The molecule has 8 N–H and O–H groups in total. The quantitative estimate of drug-likeness (QED) is 0.141. The molecule has 0 aromatic carbocycles. The predicted octanol–water partition coefficient (Wildman–Crippen LogP) is -4.73. The second-order valence-electron chi connectivity index (χ2n) is 4.46. The van der Waals surface area contributed by atoms with Gasteiger partial charge in [-0.05, 0) is 0 Å². The number of nitrogens with two attached hydrogens (primary N) is 4. The highest BCUT2D eigenvalue weighted by Crippen LogP contribution is 1.87. The van der Waals surface area contributed by atoms with E-state index in [-0.39, 0.29) is 0 Å². The molecule has 2 aliphatic heterocycles. The van der Waals surface area contributed by atoms with Crippen LogP contribution in [0.2, 0.25) is 0 Å². The van der Waals surface area contributed by atoms with E-state index in [1.54, 1.807) is 0 Å². The second-order valence-corrected chi connectivity index (χ2v) is 5.27. The van der Waals surface area contributed by atoms with Crippen LogP contribution in [-0.4, -0.2) is 91.2 Å². The Hall–Kier alpha value is -1.67. The van der Waals surface area contributed by atoms with E-state index in [1.807, 2.05) is 9.15 Å². The summed E-state index contributed by atoms with van der Waals surface area (Å²) in [4.78, 5) is 0.